The van der Waals surface area contributed by atoms with E-state index >= 15 is 0 Å². The number of aliphatic hydroxyl groups is 1. The fourth-order valence-electron chi connectivity index (χ4n) is 1.45. The minimum atomic E-state index is -4.61. The Morgan fingerprint density at radius 3 is 2.73 bits per heavy atom. The van der Waals surface area contributed by atoms with Crippen molar-refractivity contribution in [3.63, 3.8) is 0 Å². The van der Waals surface area contributed by atoms with Gasteiger partial charge in [-0.15, -0.1) is 10.2 Å². The molecule has 7 nitrogen and oxygen atoms in total. The van der Waals surface area contributed by atoms with Gasteiger partial charge in [-0.1, -0.05) is 11.3 Å². The maximum Gasteiger partial charge on any atom is 0.445 e. The van der Waals surface area contributed by atoms with Gasteiger partial charge < -0.3 is 14.8 Å². The van der Waals surface area contributed by atoms with Crippen molar-refractivity contribution in [1.82, 2.24) is 15.5 Å². The number of rotatable bonds is 4. The van der Waals surface area contributed by atoms with E-state index in [9.17, 15) is 23.1 Å². The second kappa shape index (κ2) is 5.93. The van der Waals surface area contributed by atoms with E-state index in [0.29, 0.717) is 0 Å². The largest absolute Gasteiger partial charge is 0.466 e. The number of amides is 2. The topological polar surface area (TPSA) is 100 Å². The van der Waals surface area contributed by atoms with Crippen LogP contribution in [0.25, 0.3) is 0 Å². The SMILES string of the molecule is CC(O)(CNC(=O)Nc1nnc(C(F)(F)F)s1)c1ccco1. The molecule has 1 atom stereocenters. The number of hydrogen-bond donors (Lipinski definition) is 3. The zero-order chi connectivity index (χ0) is 16.4. The zero-order valence-electron chi connectivity index (χ0n) is 11.1. The van der Waals surface area contributed by atoms with Gasteiger partial charge in [-0.3, -0.25) is 5.32 Å². The highest BCUT2D eigenvalue weighted by Crippen LogP contribution is 2.32. The third-order valence-corrected chi connectivity index (χ3v) is 3.42. The number of carbonyl (C=O) groups is 1. The van der Waals surface area contributed by atoms with Crippen molar-refractivity contribution >= 4 is 22.5 Å². The first-order valence-corrected chi connectivity index (χ1v) is 6.72. The number of urea groups is 1. The van der Waals surface area contributed by atoms with Gasteiger partial charge in [0.15, 0.2) is 0 Å². The Morgan fingerprint density at radius 2 is 2.18 bits per heavy atom. The summed E-state index contributed by atoms with van der Waals surface area (Å²) in [5.41, 5.74) is -1.46. The quantitative estimate of drug-likeness (QED) is 0.794. The number of aromatic nitrogens is 2. The van der Waals surface area contributed by atoms with Crippen LogP contribution in [0, 0.1) is 0 Å². The van der Waals surface area contributed by atoms with Crippen LogP contribution in [-0.2, 0) is 11.8 Å². The first kappa shape index (κ1) is 16.2. The Bertz CT molecular complexity index is 639. The summed E-state index contributed by atoms with van der Waals surface area (Å²) in [5.74, 6) is 0.239. The molecule has 3 N–H and O–H groups in total. The van der Waals surface area contributed by atoms with E-state index in [0.717, 1.165) is 0 Å². The van der Waals surface area contributed by atoms with Crippen LogP contribution in [0.3, 0.4) is 0 Å². The van der Waals surface area contributed by atoms with E-state index in [1.807, 2.05) is 0 Å². The molecule has 2 aromatic rings. The first-order valence-electron chi connectivity index (χ1n) is 5.90. The molecule has 0 fully saturated rings. The molecule has 0 bridgehead atoms. The summed E-state index contributed by atoms with van der Waals surface area (Å²) in [6.45, 7) is 1.20. The molecule has 0 saturated heterocycles. The molecule has 1 unspecified atom stereocenters. The lowest BCUT2D eigenvalue weighted by molar-refractivity contribution is -0.138. The molecule has 11 heteroatoms. The van der Waals surface area contributed by atoms with Crippen molar-refractivity contribution in [2.45, 2.75) is 18.7 Å². The number of alkyl halides is 3. The van der Waals surface area contributed by atoms with Crippen molar-refractivity contribution in [1.29, 1.82) is 0 Å². The predicted molar refractivity (Wildman–Crippen MR) is 70.2 cm³/mol. The van der Waals surface area contributed by atoms with Crippen LogP contribution in [-0.4, -0.2) is 27.9 Å². The van der Waals surface area contributed by atoms with Gasteiger partial charge >= 0.3 is 12.2 Å². The van der Waals surface area contributed by atoms with Gasteiger partial charge in [0.05, 0.1) is 12.8 Å². The maximum absolute atomic E-state index is 12.3. The number of furan rings is 1. The second-order valence-electron chi connectivity index (χ2n) is 4.47. The molecule has 2 rings (SSSR count). The van der Waals surface area contributed by atoms with Crippen molar-refractivity contribution in [2.75, 3.05) is 11.9 Å². The molecule has 0 radical (unpaired) electrons. The highest BCUT2D eigenvalue weighted by molar-refractivity contribution is 7.15. The van der Waals surface area contributed by atoms with Crippen molar-refractivity contribution in [3.05, 3.63) is 29.2 Å². The van der Waals surface area contributed by atoms with E-state index < -0.39 is 22.8 Å². The first-order chi connectivity index (χ1) is 10.2. The molecule has 2 amide bonds. The molecule has 0 aromatic carbocycles. The van der Waals surface area contributed by atoms with Crippen molar-refractivity contribution in [2.24, 2.45) is 0 Å². The molecule has 0 aliphatic rings. The second-order valence-corrected chi connectivity index (χ2v) is 5.45. The van der Waals surface area contributed by atoms with Crippen LogP contribution < -0.4 is 10.6 Å². The highest BCUT2D eigenvalue weighted by atomic mass is 32.1. The van der Waals surface area contributed by atoms with Crippen LogP contribution in [0.1, 0.15) is 17.7 Å². The van der Waals surface area contributed by atoms with E-state index in [-0.39, 0.29) is 28.8 Å². The summed E-state index contributed by atoms with van der Waals surface area (Å²) < 4.78 is 42.0. The summed E-state index contributed by atoms with van der Waals surface area (Å²) in [4.78, 5) is 11.6. The van der Waals surface area contributed by atoms with Crippen LogP contribution >= 0.6 is 11.3 Å². The van der Waals surface area contributed by atoms with E-state index in [2.05, 4.69) is 20.8 Å². The van der Waals surface area contributed by atoms with Crippen molar-refractivity contribution in [3.8, 4) is 0 Å². The molecule has 0 spiro atoms. The standard InChI is InChI=1S/C11H11F3N4O3S/c1-10(20,6-3-2-4-21-6)5-15-8(19)16-9-18-17-7(22-9)11(12,13)14/h2-4,20H,5H2,1H3,(H2,15,16,18,19). The molecule has 0 aliphatic heterocycles. The lowest BCUT2D eigenvalue weighted by Gasteiger charge is -2.20. The monoisotopic (exact) mass is 336 g/mol. The Balaban J connectivity index is 1.90. The minimum absolute atomic E-state index is 0.199. The van der Waals surface area contributed by atoms with Gasteiger partial charge in [0.2, 0.25) is 10.1 Å². The predicted octanol–water partition coefficient (Wildman–Crippen LogP) is 2.18. The van der Waals surface area contributed by atoms with Crippen LogP contribution in [0.4, 0.5) is 23.1 Å². The third kappa shape index (κ3) is 3.95. The summed E-state index contributed by atoms with van der Waals surface area (Å²) in [5, 5.41) is 19.2. The Morgan fingerprint density at radius 1 is 1.45 bits per heavy atom. The van der Waals surface area contributed by atoms with Gasteiger partial charge in [0.1, 0.15) is 11.4 Å². The van der Waals surface area contributed by atoms with Gasteiger partial charge in [0.25, 0.3) is 0 Å². The molecule has 22 heavy (non-hydrogen) atoms. The highest BCUT2D eigenvalue weighted by Gasteiger charge is 2.36. The van der Waals surface area contributed by atoms with Gasteiger partial charge in [-0.05, 0) is 19.1 Å². The van der Waals surface area contributed by atoms with Crippen LogP contribution in [0.2, 0.25) is 0 Å². The number of nitrogens with zero attached hydrogens (tertiary/aromatic N) is 2. The minimum Gasteiger partial charge on any atom is -0.466 e. The van der Waals surface area contributed by atoms with Gasteiger partial charge in [-0.2, -0.15) is 13.2 Å². The normalized spacial score (nSPS) is 14.4. The fourth-order valence-corrected chi connectivity index (χ4v) is 2.06. The lowest BCUT2D eigenvalue weighted by atomic mass is 10.0. The summed E-state index contributed by atoms with van der Waals surface area (Å²) in [6.07, 6.45) is -3.25. The lowest BCUT2D eigenvalue weighted by Crippen LogP contribution is -2.40. The Hall–Kier alpha value is -2.14. The molecular weight excluding hydrogens is 325 g/mol. The average molecular weight is 336 g/mol. The van der Waals surface area contributed by atoms with Crippen molar-refractivity contribution < 1.29 is 27.5 Å². The smallest absolute Gasteiger partial charge is 0.445 e. The number of nitrogens with one attached hydrogen (secondary N) is 2. The van der Waals surface area contributed by atoms with Crippen LogP contribution in [0.15, 0.2) is 22.8 Å². The molecule has 0 aliphatic carbocycles. The summed E-state index contributed by atoms with van der Waals surface area (Å²) in [7, 11) is 0. The maximum atomic E-state index is 12.3. The molecule has 2 heterocycles. The van der Waals surface area contributed by atoms with E-state index in [1.165, 1.54) is 19.3 Å². The fraction of sp³-hybridized carbons (Fsp3) is 0.364. The summed E-state index contributed by atoms with van der Waals surface area (Å²) in [6, 6.07) is 2.28. The zero-order valence-corrected chi connectivity index (χ0v) is 12.0. The molecule has 2 aromatic heterocycles. The number of hydrogen-bond acceptors (Lipinski definition) is 6. The Kier molecular flexibility index (Phi) is 4.37. The van der Waals surface area contributed by atoms with Gasteiger partial charge in [-0.25, -0.2) is 4.79 Å². The van der Waals surface area contributed by atoms with Gasteiger partial charge in [0, 0.05) is 0 Å². The number of carbonyl (C=O) groups excluding carboxylic acids is 1. The Labute approximate surface area is 126 Å². The molecule has 0 saturated carbocycles. The average Bonchev–Trinajstić information content (AvgIpc) is 3.06. The summed E-state index contributed by atoms with van der Waals surface area (Å²) >= 11 is 0.199. The third-order valence-electron chi connectivity index (χ3n) is 2.53. The molecule has 120 valence electrons. The van der Waals surface area contributed by atoms with Crippen LogP contribution in [0.5, 0.6) is 0 Å². The number of anilines is 1. The number of halogens is 3. The van der Waals surface area contributed by atoms with E-state index in [4.69, 9.17) is 4.42 Å². The van der Waals surface area contributed by atoms with E-state index in [1.54, 1.807) is 6.07 Å². The molecular formula is C11H11F3N4O3S.